The van der Waals surface area contributed by atoms with E-state index in [-0.39, 0.29) is 18.0 Å². The fourth-order valence-corrected chi connectivity index (χ4v) is 3.20. The highest BCUT2D eigenvalue weighted by Crippen LogP contribution is 2.40. The van der Waals surface area contributed by atoms with Gasteiger partial charge < -0.3 is 10.6 Å². The lowest BCUT2D eigenvalue weighted by Gasteiger charge is -2.24. The Hall–Kier alpha value is -1.70. The molecule has 0 bridgehead atoms. The number of fused-ring (bicyclic) bond motifs is 1. The Morgan fingerprint density at radius 1 is 1.39 bits per heavy atom. The van der Waals surface area contributed by atoms with Crippen molar-refractivity contribution in [3.05, 3.63) is 23.8 Å². The van der Waals surface area contributed by atoms with Gasteiger partial charge in [-0.2, -0.15) is 13.2 Å². The van der Waals surface area contributed by atoms with Crippen molar-refractivity contribution in [2.24, 2.45) is 0 Å². The van der Waals surface area contributed by atoms with E-state index in [9.17, 15) is 22.8 Å². The molecule has 2 rings (SSSR count). The predicted molar refractivity (Wildman–Crippen MR) is 82.3 cm³/mol. The molecule has 23 heavy (non-hydrogen) atoms. The van der Waals surface area contributed by atoms with Gasteiger partial charge in [0, 0.05) is 17.9 Å². The van der Waals surface area contributed by atoms with Gasteiger partial charge in [-0.15, -0.1) is 11.8 Å². The van der Waals surface area contributed by atoms with E-state index in [0.717, 1.165) is 36.7 Å². The predicted octanol–water partition coefficient (Wildman–Crippen LogP) is 3.42. The average Bonchev–Trinajstić information content (AvgIpc) is 2.47. The molecule has 0 radical (unpaired) electrons. The summed E-state index contributed by atoms with van der Waals surface area (Å²) < 4.78 is 38.0. The number of unbranched alkanes of at least 4 members (excludes halogenated alkanes) is 1. The molecule has 1 aliphatic heterocycles. The van der Waals surface area contributed by atoms with Crippen LogP contribution in [-0.4, -0.2) is 23.6 Å². The van der Waals surface area contributed by atoms with Crippen LogP contribution in [0.3, 0.4) is 0 Å². The first kappa shape index (κ1) is 17.7. The Balaban J connectivity index is 2.04. The van der Waals surface area contributed by atoms with Gasteiger partial charge in [0.15, 0.2) is 0 Å². The number of rotatable bonds is 5. The van der Waals surface area contributed by atoms with E-state index >= 15 is 0 Å². The number of amides is 2. The lowest BCUT2D eigenvalue weighted by Crippen LogP contribution is -2.35. The Morgan fingerprint density at radius 2 is 2.13 bits per heavy atom. The number of alkyl halides is 3. The van der Waals surface area contributed by atoms with Crippen molar-refractivity contribution in [1.29, 1.82) is 0 Å². The highest BCUT2D eigenvalue weighted by atomic mass is 32.2. The zero-order chi connectivity index (χ0) is 17.0. The second-order valence-electron chi connectivity index (χ2n) is 5.21. The van der Waals surface area contributed by atoms with Crippen molar-refractivity contribution in [2.45, 2.75) is 42.5 Å². The van der Waals surface area contributed by atoms with Crippen LogP contribution in [0.25, 0.3) is 0 Å². The number of nitrogens with one attached hydrogen (secondary N) is 2. The third-order valence-corrected chi connectivity index (χ3v) is 4.62. The van der Waals surface area contributed by atoms with Gasteiger partial charge in [0.1, 0.15) is 0 Å². The molecule has 0 saturated carbocycles. The number of thioether (sulfide) groups is 1. The molecule has 0 spiro atoms. The number of benzene rings is 1. The number of hydrogen-bond donors (Lipinski definition) is 2. The second kappa shape index (κ2) is 7.25. The van der Waals surface area contributed by atoms with Crippen LogP contribution >= 0.6 is 11.8 Å². The van der Waals surface area contributed by atoms with E-state index in [1.54, 1.807) is 0 Å². The van der Waals surface area contributed by atoms with Gasteiger partial charge in [0.2, 0.25) is 11.8 Å². The molecule has 2 amide bonds. The minimum atomic E-state index is -4.46. The van der Waals surface area contributed by atoms with Crippen molar-refractivity contribution < 1.29 is 22.8 Å². The Kier molecular flexibility index (Phi) is 5.56. The summed E-state index contributed by atoms with van der Waals surface area (Å²) in [7, 11) is 0. The van der Waals surface area contributed by atoms with Gasteiger partial charge in [-0.3, -0.25) is 9.59 Å². The standard InChI is InChI=1S/C15H17F3N2O2S/c1-2-3-6-19-13(21)8-12-14(22)20-10-7-9(15(16,17)18)4-5-11(10)23-12/h4-5,7,12H,2-3,6,8H2,1H3,(H,19,21)(H,20,22)/t12-/m0/s1. The molecular formula is C15H17F3N2O2S. The van der Waals surface area contributed by atoms with Crippen molar-refractivity contribution in [3.63, 3.8) is 0 Å². The monoisotopic (exact) mass is 346 g/mol. The Labute approximate surface area is 136 Å². The van der Waals surface area contributed by atoms with E-state index in [2.05, 4.69) is 10.6 Å². The molecule has 1 heterocycles. The number of halogens is 3. The molecule has 0 saturated heterocycles. The minimum absolute atomic E-state index is 0.000671. The number of carbonyl (C=O) groups is 2. The minimum Gasteiger partial charge on any atom is -0.356 e. The smallest absolute Gasteiger partial charge is 0.356 e. The van der Waals surface area contributed by atoms with Crippen molar-refractivity contribution in [1.82, 2.24) is 5.32 Å². The van der Waals surface area contributed by atoms with E-state index < -0.39 is 22.9 Å². The largest absolute Gasteiger partial charge is 0.416 e. The van der Waals surface area contributed by atoms with Crippen molar-refractivity contribution in [2.75, 3.05) is 11.9 Å². The summed E-state index contributed by atoms with van der Waals surface area (Å²) in [4.78, 5) is 24.3. The SMILES string of the molecule is CCCCNC(=O)C[C@@H]1Sc2ccc(C(F)(F)F)cc2NC1=O. The Morgan fingerprint density at radius 3 is 2.78 bits per heavy atom. The molecule has 1 atom stereocenters. The normalized spacial score (nSPS) is 17.4. The van der Waals surface area contributed by atoms with Gasteiger partial charge >= 0.3 is 6.18 Å². The van der Waals surface area contributed by atoms with Gasteiger partial charge in [0.25, 0.3) is 0 Å². The highest BCUT2D eigenvalue weighted by molar-refractivity contribution is 8.01. The molecule has 126 valence electrons. The summed E-state index contributed by atoms with van der Waals surface area (Å²) in [5, 5.41) is 4.54. The summed E-state index contributed by atoms with van der Waals surface area (Å²) in [6.07, 6.45) is -2.65. The lowest BCUT2D eigenvalue weighted by molar-refractivity contribution is -0.137. The zero-order valence-electron chi connectivity index (χ0n) is 12.5. The topological polar surface area (TPSA) is 58.2 Å². The summed E-state index contributed by atoms with van der Waals surface area (Å²) in [6.45, 7) is 2.56. The molecule has 1 aromatic carbocycles. The molecule has 4 nitrogen and oxygen atoms in total. The fraction of sp³-hybridized carbons (Fsp3) is 0.467. The van der Waals surface area contributed by atoms with E-state index in [1.165, 1.54) is 6.07 Å². The summed E-state index contributed by atoms with van der Waals surface area (Å²) in [6, 6.07) is 3.21. The average molecular weight is 346 g/mol. The second-order valence-corrected chi connectivity index (χ2v) is 6.46. The van der Waals surface area contributed by atoms with Crippen LogP contribution in [0.5, 0.6) is 0 Å². The molecule has 0 aromatic heterocycles. The maximum Gasteiger partial charge on any atom is 0.416 e. The number of hydrogen-bond acceptors (Lipinski definition) is 3. The third kappa shape index (κ3) is 4.63. The Bertz CT molecular complexity index is 605. The van der Waals surface area contributed by atoms with E-state index in [1.807, 2.05) is 6.92 Å². The van der Waals surface area contributed by atoms with Gasteiger partial charge in [-0.25, -0.2) is 0 Å². The van der Waals surface area contributed by atoms with Crippen molar-refractivity contribution >= 4 is 29.3 Å². The quantitative estimate of drug-likeness (QED) is 0.803. The van der Waals surface area contributed by atoms with Gasteiger partial charge in [0.05, 0.1) is 16.5 Å². The van der Waals surface area contributed by atoms with Crippen LogP contribution in [0.2, 0.25) is 0 Å². The van der Waals surface area contributed by atoms with Crippen LogP contribution in [0, 0.1) is 0 Å². The zero-order valence-corrected chi connectivity index (χ0v) is 13.3. The maximum atomic E-state index is 12.7. The molecular weight excluding hydrogens is 329 g/mol. The van der Waals surface area contributed by atoms with Gasteiger partial charge in [-0.1, -0.05) is 13.3 Å². The first-order valence-corrected chi connectivity index (χ1v) is 8.14. The van der Waals surface area contributed by atoms with Crippen LogP contribution in [0.15, 0.2) is 23.1 Å². The van der Waals surface area contributed by atoms with Crippen LogP contribution in [-0.2, 0) is 15.8 Å². The third-order valence-electron chi connectivity index (χ3n) is 3.35. The van der Waals surface area contributed by atoms with Crippen LogP contribution < -0.4 is 10.6 Å². The molecule has 1 aliphatic rings. The lowest BCUT2D eigenvalue weighted by atomic mass is 10.1. The van der Waals surface area contributed by atoms with Crippen LogP contribution in [0.4, 0.5) is 18.9 Å². The molecule has 0 aliphatic carbocycles. The van der Waals surface area contributed by atoms with Crippen molar-refractivity contribution in [3.8, 4) is 0 Å². The molecule has 1 aromatic rings. The number of anilines is 1. The van der Waals surface area contributed by atoms with Gasteiger partial charge in [-0.05, 0) is 24.6 Å². The molecule has 8 heteroatoms. The first-order chi connectivity index (χ1) is 10.8. The van der Waals surface area contributed by atoms with Crippen LogP contribution in [0.1, 0.15) is 31.7 Å². The molecule has 0 fully saturated rings. The first-order valence-electron chi connectivity index (χ1n) is 7.26. The molecule has 0 unspecified atom stereocenters. The number of carbonyl (C=O) groups excluding carboxylic acids is 2. The summed E-state index contributed by atoms with van der Waals surface area (Å²) in [5.74, 6) is -0.686. The maximum absolute atomic E-state index is 12.7. The fourth-order valence-electron chi connectivity index (χ4n) is 2.11. The highest BCUT2D eigenvalue weighted by Gasteiger charge is 2.34. The molecule has 2 N–H and O–H groups in total. The summed E-state index contributed by atoms with van der Waals surface area (Å²) >= 11 is 1.11. The van der Waals surface area contributed by atoms with E-state index in [0.29, 0.717) is 11.4 Å². The van der Waals surface area contributed by atoms with E-state index in [4.69, 9.17) is 0 Å². The summed E-state index contributed by atoms with van der Waals surface area (Å²) in [5.41, 5.74) is -0.676.